The smallest absolute Gasteiger partial charge is 0.268 e. The number of benzene rings is 2. The van der Waals surface area contributed by atoms with Crippen molar-refractivity contribution in [2.75, 3.05) is 31.2 Å². The zero-order valence-corrected chi connectivity index (χ0v) is 16.1. The van der Waals surface area contributed by atoms with E-state index in [2.05, 4.69) is 34.5 Å². The van der Waals surface area contributed by atoms with Crippen LogP contribution in [0.15, 0.2) is 66.9 Å². The van der Waals surface area contributed by atoms with Gasteiger partial charge in [-0.25, -0.2) is 0 Å². The van der Waals surface area contributed by atoms with E-state index in [0.29, 0.717) is 12.2 Å². The quantitative estimate of drug-likeness (QED) is 0.743. The van der Waals surface area contributed by atoms with Gasteiger partial charge in [-0.15, -0.1) is 0 Å². The third-order valence-corrected chi connectivity index (χ3v) is 5.11. The SMILES string of the molecule is Cn1cc(-c2ccccc2)cc1C(=O)NCc1ccc(N2CCOCC2)cc1. The van der Waals surface area contributed by atoms with Crippen LogP contribution in [0.25, 0.3) is 11.1 Å². The molecular weight excluding hydrogens is 350 g/mol. The number of hydrogen-bond acceptors (Lipinski definition) is 3. The third kappa shape index (κ3) is 4.10. The topological polar surface area (TPSA) is 46.5 Å². The summed E-state index contributed by atoms with van der Waals surface area (Å²) in [6.45, 7) is 3.91. The number of amides is 1. The van der Waals surface area contributed by atoms with Gasteiger partial charge < -0.3 is 19.5 Å². The van der Waals surface area contributed by atoms with Crippen LogP contribution in [-0.4, -0.2) is 36.8 Å². The number of ether oxygens (including phenoxy) is 1. The van der Waals surface area contributed by atoms with E-state index in [1.807, 2.05) is 54.2 Å². The van der Waals surface area contributed by atoms with Gasteiger partial charge in [0.15, 0.2) is 0 Å². The number of hydrogen-bond donors (Lipinski definition) is 1. The van der Waals surface area contributed by atoms with Crippen molar-refractivity contribution in [1.29, 1.82) is 0 Å². The molecule has 1 amide bonds. The predicted octanol–water partition coefficient (Wildman–Crippen LogP) is 3.46. The first-order valence-electron chi connectivity index (χ1n) is 9.62. The van der Waals surface area contributed by atoms with Crippen LogP contribution in [0.1, 0.15) is 16.1 Å². The molecule has 0 spiro atoms. The summed E-state index contributed by atoms with van der Waals surface area (Å²) in [5.74, 6) is -0.0677. The molecule has 28 heavy (non-hydrogen) atoms. The Morgan fingerprint density at radius 3 is 2.43 bits per heavy atom. The Morgan fingerprint density at radius 1 is 1.00 bits per heavy atom. The van der Waals surface area contributed by atoms with Crippen LogP contribution in [0.4, 0.5) is 5.69 Å². The Labute approximate surface area is 165 Å². The van der Waals surface area contributed by atoms with Crippen molar-refractivity contribution >= 4 is 11.6 Å². The Balaban J connectivity index is 1.38. The van der Waals surface area contributed by atoms with Gasteiger partial charge in [-0.2, -0.15) is 0 Å². The first-order chi connectivity index (χ1) is 13.7. The van der Waals surface area contributed by atoms with E-state index in [1.165, 1.54) is 5.69 Å². The molecule has 1 N–H and O–H groups in total. The lowest BCUT2D eigenvalue weighted by Gasteiger charge is -2.28. The monoisotopic (exact) mass is 375 g/mol. The minimum Gasteiger partial charge on any atom is -0.378 e. The molecule has 0 bridgehead atoms. The molecule has 0 saturated carbocycles. The van der Waals surface area contributed by atoms with Crippen LogP contribution in [0.3, 0.4) is 0 Å². The molecule has 3 aromatic rings. The van der Waals surface area contributed by atoms with Gasteiger partial charge >= 0.3 is 0 Å². The summed E-state index contributed by atoms with van der Waals surface area (Å²) >= 11 is 0. The summed E-state index contributed by atoms with van der Waals surface area (Å²) in [5.41, 5.74) is 5.10. The molecule has 144 valence electrons. The number of aryl methyl sites for hydroxylation is 1. The van der Waals surface area contributed by atoms with E-state index in [4.69, 9.17) is 4.74 Å². The van der Waals surface area contributed by atoms with E-state index in [1.54, 1.807) is 0 Å². The van der Waals surface area contributed by atoms with Gasteiger partial charge in [-0.05, 0) is 29.3 Å². The lowest BCUT2D eigenvalue weighted by Crippen LogP contribution is -2.36. The van der Waals surface area contributed by atoms with Crippen LogP contribution in [-0.2, 0) is 18.3 Å². The van der Waals surface area contributed by atoms with Crippen LogP contribution < -0.4 is 10.2 Å². The molecule has 2 heterocycles. The maximum absolute atomic E-state index is 12.6. The van der Waals surface area contributed by atoms with E-state index in [-0.39, 0.29) is 5.91 Å². The molecule has 1 aliphatic rings. The third-order valence-electron chi connectivity index (χ3n) is 5.11. The predicted molar refractivity (Wildman–Crippen MR) is 111 cm³/mol. The summed E-state index contributed by atoms with van der Waals surface area (Å²) in [4.78, 5) is 15.0. The van der Waals surface area contributed by atoms with Crippen molar-refractivity contribution in [1.82, 2.24) is 9.88 Å². The molecule has 1 saturated heterocycles. The first-order valence-corrected chi connectivity index (χ1v) is 9.62. The molecule has 1 aromatic heterocycles. The Hall–Kier alpha value is -3.05. The second-order valence-electron chi connectivity index (χ2n) is 7.04. The van der Waals surface area contributed by atoms with Gasteiger partial charge in [0.25, 0.3) is 5.91 Å². The maximum Gasteiger partial charge on any atom is 0.268 e. The highest BCUT2D eigenvalue weighted by atomic mass is 16.5. The van der Waals surface area contributed by atoms with Crippen LogP contribution in [0.2, 0.25) is 0 Å². The van der Waals surface area contributed by atoms with Crippen LogP contribution >= 0.6 is 0 Å². The second-order valence-corrected chi connectivity index (χ2v) is 7.04. The second kappa shape index (κ2) is 8.31. The average Bonchev–Trinajstić information content (AvgIpc) is 3.15. The van der Waals surface area contributed by atoms with Gasteiger partial charge in [0.2, 0.25) is 0 Å². The number of carbonyl (C=O) groups excluding carboxylic acids is 1. The standard InChI is InChI=1S/C23H25N3O2/c1-25-17-20(19-5-3-2-4-6-19)15-22(25)23(27)24-16-18-7-9-21(10-8-18)26-11-13-28-14-12-26/h2-10,15,17H,11-14,16H2,1H3,(H,24,27). The molecule has 0 aliphatic carbocycles. The number of morpholine rings is 1. The lowest BCUT2D eigenvalue weighted by atomic mass is 10.1. The summed E-state index contributed by atoms with van der Waals surface area (Å²) in [7, 11) is 1.90. The molecule has 4 rings (SSSR count). The van der Waals surface area contributed by atoms with Crippen molar-refractivity contribution in [2.45, 2.75) is 6.54 Å². The fourth-order valence-electron chi connectivity index (χ4n) is 3.50. The molecule has 5 heteroatoms. The van der Waals surface area contributed by atoms with Crippen LogP contribution in [0.5, 0.6) is 0 Å². The number of aromatic nitrogens is 1. The summed E-state index contributed by atoms with van der Waals surface area (Å²) in [6.07, 6.45) is 1.99. The van der Waals surface area contributed by atoms with Gasteiger partial charge in [-0.3, -0.25) is 4.79 Å². The zero-order valence-electron chi connectivity index (χ0n) is 16.1. The molecule has 2 aromatic carbocycles. The Morgan fingerprint density at radius 2 is 1.71 bits per heavy atom. The number of nitrogens with one attached hydrogen (secondary N) is 1. The van der Waals surface area contributed by atoms with Crippen molar-refractivity contribution in [2.24, 2.45) is 7.05 Å². The Bertz CT molecular complexity index is 926. The fraction of sp³-hybridized carbons (Fsp3) is 0.261. The minimum absolute atomic E-state index is 0.0677. The molecule has 5 nitrogen and oxygen atoms in total. The van der Waals surface area contributed by atoms with E-state index in [9.17, 15) is 4.79 Å². The van der Waals surface area contributed by atoms with Crippen molar-refractivity contribution in [3.8, 4) is 11.1 Å². The van der Waals surface area contributed by atoms with E-state index >= 15 is 0 Å². The van der Waals surface area contributed by atoms with Gasteiger partial charge in [-0.1, -0.05) is 42.5 Å². The maximum atomic E-state index is 12.6. The number of rotatable bonds is 5. The van der Waals surface area contributed by atoms with Crippen molar-refractivity contribution in [3.63, 3.8) is 0 Å². The van der Waals surface area contributed by atoms with Crippen molar-refractivity contribution in [3.05, 3.63) is 78.1 Å². The normalized spacial score (nSPS) is 14.1. The summed E-state index contributed by atoms with van der Waals surface area (Å²) in [5, 5.41) is 3.03. The highest BCUT2D eigenvalue weighted by Gasteiger charge is 2.13. The highest BCUT2D eigenvalue weighted by molar-refractivity contribution is 5.94. The molecular formula is C23H25N3O2. The fourth-order valence-corrected chi connectivity index (χ4v) is 3.50. The largest absolute Gasteiger partial charge is 0.378 e. The zero-order chi connectivity index (χ0) is 19.3. The molecule has 1 aliphatic heterocycles. The van der Waals surface area contributed by atoms with E-state index in [0.717, 1.165) is 43.0 Å². The number of anilines is 1. The molecule has 0 unspecified atom stereocenters. The van der Waals surface area contributed by atoms with Gasteiger partial charge in [0, 0.05) is 44.1 Å². The van der Waals surface area contributed by atoms with Gasteiger partial charge in [0.05, 0.1) is 13.2 Å². The molecule has 0 radical (unpaired) electrons. The van der Waals surface area contributed by atoms with Crippen molar-refractivity contribution < 1.29 is 9.53 Å². The number of carbonyl (C=O) groups is 1. The average molecular weight is 375 g/mol. The van der Waals surface area contributed by atoms with E-state index < -0.39 is 0 Å². The van der Waals surface area contributed by atoms with Gasteiger partial charge in [0.1, 0.15) is 5.69 Å². The highest BCUT2D eigenvalue weighted by Crippen LogP contribution is 2.21. The minimum atomic E-state index is -0.0677. The number of nitrogens with zero attached hydrogens (tertiary/aromatic N) is 2. The van der Waals surface area contributed by atoms with Crippen LogP contribution in [0, 0.1) is 0 Å². The Kier molecular flexibility index (Phi) is 5.44. The lowest BCUT2D eigenvalue weighted by molar-refractivity contribution is 0.0943. The summed E-state index contributed by atoms with van der Waals surface area (Å²) < 4.78 is 7.27. The summed E-state index contributed by atoms with van der Waals surface area (Å²) in [6, 6.07) is 20.4. The molecule has 0 atom stereocenters. The molecule has 1 fully saturated rings. The first kappa shape index (κ1) is 18.3.